The van der Waals surface area contributed by atoms with Crippen LogP contribution in [0.5, 0.6) is 0 Å². The van der Waals surface area contributed by atoms with Gasteiger partial charge in [0.1, 0.15) is 5.82 Å². The molecule has 6 heteroatoms. The van der Waals surface area contributed by atoms with Gasteiger partial charge < -0.3 is 0 Å². The van der Waals surface area contributed by atoms with Crippen LogP contribution in [0.3, 0.4) is 0 Å². The average Bonchev–Trinajstić information content (AvgIpc) is 1.92. The van der Waals surface area contributed by atoms with Crippen LogP contribution < -0.4 is 5.14 Å². The topological polar surface area (TPSA) is 60.2 Å². The van der Waals surface area contributed by atoms with Crippen LogP contribution in [0.4, 0.5) is 4.39 Å². The van der Waals surface area contributed by atoms with Crippen LogP contribution in [0.25, 0.3) is 0 Å². The van der Waals surface area contributed by atoms with Crippen molar-refractivity contribution in [2.45, 2.75) is 4.90 Å². The lowest BCUT2D eigenvalue weighted by Gasteiger charge is -1.98. The first-order valence-electron chi connectivity index (χ1n) is 2.89. The largest absolute Gasteiger partial charge is 0.238 e. The van der Waals surface area contributed by atoms with Gasteiger partial charge in [0, 0.05) is 0 Å². The summed E-state index contributed by atoms with van der Waals surface area (Å²) in [5, 5.41) is 4.60. The van der Waals surface area contributed by atoms with Gasteiger partial charge in [0.05, 0.1) is 9.92 Å². The van der Waals surface area contributed by atoms with E-state index in [0.717, 1.165) is 18.2 Å². The number of hydrogen-bond acceptors (Lipinski definition) is 2. The van der Waals surface area contributed by atoms with E-state index in [9.17, 15) is 12.8 Å². The number of benzene rings is 1. The highest BCUT2D eigenvalue weighted by molar-refractivity contribution is 7.89. The maximum atomic E-state index is 12.7. The van der Waals surface area contributed by atoms with Crippen LogP contribution in [0.15, 0.2) is 23.1 Å². The van der Waals surface area contributed by atoms with Gasteiger partial charge in [0.15, 0.2) is 0 Å². The lowest BCUT2D eigenvalue weighted by molar-refractivity contribution is 0.592. The Morgan fingerprint density at radius 2 is 2.00 bits per heavy atom. The van der Waals surface area contributed by atoms with Crippen LogP contribution >= 0.6 is 11.6 Å². The molecule has 0 radical (unpaired) electrons. The van der Waals surface area contributed by atoms with Crippen molar-refractivity contribution in [3.8, 4) is 0 Å². The smallest absolute Gasteiger partial charge is 0.225 e. The van der Waals surface area contributed by atoms with Gasteiger partial charge in [-0.05, 0) is 18.2 Å². The number of hydrogen-bond donors (Lipinski definition) is 1. The van der Waals surface area contributed by atoms with Crippen LogP contribution in [-0.4, -0.2) is 8.42 Å². The molecule has 1 aromatic rings. The van der Waals surface area contributed by atoms with E-state index in [1.165, 1.54) is 0 Å². The highest BCUT2D eigenvalue weighted by Crippen LogP contribution is 2.17. The second kappa shape index (κ2) is 3.01. The van der Waals surface area contributed by atoms with Gasteiger partial charge in [0.2, 0.25) is 10.0 Å². The highest BCUT2D eigenvalue weighted by atomic mass is 35.5. The van der Waals surface area contributed by atoms with Gasteiger partial charge in [-0.2, -0.15) is 0 Å². The summed E-state index contributed by atoms with van der Waals surface area (Å²) < 4.78 is 34.0. The predicted octanol–water partition coefficient (Wildman–Crippen LogP) is 1.13. The summed E-state index contributed by atoms with van der Waals surface area (Å²) in [6, 6.07) is 3.05. The van der Waals surface area contributed by atoms with Crippen molar-refractivity contribution >= 4 is 21.6 Å². The lowest BCUT2D eigenvalue weighted by Crippen LogP contribution is -2.12. The summed E-state index contributed by atoms with van der Waals surface area (Å²) in [5.41, 5.74) is 0. The van der Waals surface area contributed by atoms with E-state index in [2.05, 4.69) is 0 Å². The molecule has 2 N–H and O–H groups in total. The maximum Gasteiger partial charge on any atom is 0.238 e. The van der Waals surface area contributed by atoms with Crippen molar-refractivity contribution in [2.24, 2.45) is 5.14 Å². The van der Waals surface area contributed by atoms with Crippen LogP contribution in [0.2, 0.25) is 5.02 Å². The lowest BCUT2D eigenvalue weighted by atomic mass is 10.3. The molecule has 1 rings (SSSR count). The Morgan fingerprint density at radius 3 is 2.42 bits per heavy atom. The van der Waals surface area contributed by atoms with Crippen molar-refractivity contribution in [3.05, 3.63) is 29.0 Å². The van der Waals surface area contributed by atoms with Crippen molar-refractivity contribution in [1.82, 2.24) is 0 Å². The number of rotatable bonds is 1. The quantitative estimate of drug-likeness (QED) is 0.754. The fraction of sp³-hybridized carbons (Fsp3) is 0. The van der Waals surface area contributed by atoms with E-state index in [-0.39, 0.29) is 9.92 Å². The molecule has 0 unspecified atom stereocenters. The molecule has 12 heavy (non-hydrogen) atoms. The maximum absolute atomic E-state index is 12.7. The summed E-state index contributed by atoms with van der Waals surface area (Å²) >= 11 is 5.32. The first kappa shape index (κ1) is 9.44. The third-order valence-corrected chi connectivity index (χ3v) is 2.44. The van der Waals surface area contributed by atoms with Crippen molar-refractivity contribution in [3.63, 3.8) is 0 Å². The fourth-order valence-electron chi connectivity index (χ4n) is 0.654. The Hall–Kier alpha value is -0.650. The Kier molecular flexibility index (Phi) is 2.36. The minimum Gasteiger partial charge on any atom is -0.225 e. The molecule has 0 aliphatic rings. The molecule has 0 saturated heterocycles. The number of primary sulfonamides is 1. The van der Waals surface area contributed by atoms with E-state index in [1.807, 2.05) is 0 Å². The average molecular weight is 210 g/mol. The molecule has 0 bridgehead atoms. The number of sulfonamides is 1. The molecule has 0 saturated carbocycles. The normalized spacial score (nSPS) is 11.6. The van der Waals surface area contributed by atoms with Gasteiger partial charge in [-0.1, -0.05) is 11.6 Å². The van der Waals surface area contributed by atoms with E-state index in [1.54, 1.807) is 0 Å². The minimum atomic E-state index is -3.84. The monoisotopic (exact) mass is 209 g/mol. The molecule has 0 aliphatic carbocycles. The molecule has 0 aromatic heterocycles. The molecule has 0 amide bonds. The first-order chi connectivity index (χ1) is 5.41. The first-order valence-corrected chi connectivity index (χ1v) is 4.81. The van der Waals surface area contributed by atoms with Gasteiger partial charge in [-0.15, -0.1) is 0 Å². The predicted molar refractivity (Wildman–Crippen MR) is 42.8 cm³/mol. The van der Waals surface area contributed by atoms with Crippen molar-refractivity contribution in [2.75, 3.05) is 0 Å². The Balaban J connectivity index is 3.33. The number of halogens is 2. The molecule has 3 nitrogen and oxygen atoms in total. The summed E-state index contributed by atoms with van der Waals surface area (Å²) in [4.78, 5) is -0.288. The molecule has 0 spiro atoms. The van der Waals surface area contributed by atoms with Gasteiger partial charge in [-0.25, -0.2) is 17.9 Å². The molecule has 1 aromatic carbocycles. The van der Waals surface area contributed by atoms with Crippen LogP contribution in [-0.2, 0) is 10.0 Å². The van der Waals surface area contributed by atoms with Crippen molar-refractivity contribution in [1.29, 1.82) is 0 Å². The second-order valence-corrected chi connectivity index (χ2v) is 4.09. The van der Waals surface area contributed by atoms with E-state index in [4.69, 9.17) is 16.7 Å². The van der Waals surface area contributed by atoms with Crippen LogP contribution in [0, 0.1) is 5.82 Å². The molecule has 0 fully saturated rings. The van der Waals surface area contributed by atoms with Crippen LogP contribution in [0.1, 0.15) is 0 Å². The van der Waals surface area contributed by atoms with Gasteiger partial charge >= 0.3 is 0 Å². The van der Waals surface area contributed by atoms with Gasteiger partial charge in [0.25, 0.3) is 0 Å². The third kappa shape index (κ3) is 1.94. The number of nitrogens with two attached hydrogens (primary N) is 1. The molecule has 0 aliphatic heterocycles. The Labute approximate surface area is 74.0 Å². The zero-order valence-corrected chi connectivity index (χ0v) is 7.36. The second-order valence-electron chi connectivity index (χ2n) is 2.12. The van der Waals surface area contributed by atoms with Gasteiger partial charge in [-0.3, -0.25) is 0 Å². The van der Waals surface area contributed by atoms with Crippen molar-refractivity contribution < 1.29 is 12.8 Å². The third-order valence-electron chi connectivity index (χ3n) is 1.22. The summed E-state index contributed by atoms with van der Waals surface area (Å²) in [6.07, 6.45) is 0. The fourth-order valence-corrected chi connectivity index (χ4v) is 1.30. The summed E-state index contributed by atoms with van der Waals surface area (Å²) in [6.45, 7) is 0. The zero-order valence-electron chi connectivity index (χ0n) is 5.79. The molecular weight excluding hydrogens is 205 g/mol. The SMILES string of the molecule is NS(=O)(=O)c1ccc(Cl)c(F)c1. The Bertz CT molecular complexity index is 404. The molecule has 0 atom stereocenters. The molecule has 0 heterocycles. The summed E-state index contributed by atoms with van der Waals surface area (Å²) in [7, 11) is -3.84. The summed E-state index contributed by atoms with van der Waals surface area (Å²) in [5.74, 6) is -0.803. The highest BCUT2D eigenvalue weighted by Gasteiger charge is 2.09. The minimum absolute atomic E-state index is 0.137. The van der Waals surface area contributed by atoms with E-state index >= 15 is 0 Å². The molecule has 66 valence electrons. The molecular formula is C6H5ClFNO2S. The zero-order chi connectivity index (χ0) is 9.35. The van der Waals surface area contributed by atoms with E-state index < -0.39 is 15.8 Å². The van der Waals surface area contributed by atoms with E-state index in [0.29, 0.717) is 0 Å². The standard InChI is InChI=1S/C6H5ClFNO2S/c7-5-2-1-4(3-6(5)8)12(9,10)11/h1-3H,(H2,9,10,11). The Morgan fingerprint density at radius 1 is 1.42 bits per heavy atom.